The summed E-state index contributed by atoms with van der Waals surface area (Å²) in [5.74, 6) is 1.60. The first-order chi connectivity index (χ1) is 7.84. The van der Waals surface area contributed by atoms with Crippen molar-refractivity contribution >= 4 is 11.2 Å². The van der Waals surface area contributed by atoms with E-state index in [1.807, 2.05) is 12.3 Å². The second-order valence-corrected chi connectivity index (χ2v) is 4.49. The predicted octanol–water partition coefficient (Wildman–Crippen LogP) is 1.73. The van der Waals surface area contributed by atoms with Gasteiger partial charge in [0.1, 0.15) is 5.82 Å². The van der Waals surface area contributed by atoms with Gasteiger partial charge in [-0.1, -0.05) is 0 Å². The summed E-state index contributed by atoms with van der Waals surface area (Å²) >= 11 is 0. The number of aromatic nitrogens is 3. The summed E-state index contributed by atoms with van der Waals surface area (Å²) in [5, 5.41) is 3.41. The predicted molar refractivity (Wildman–Crippen MR) is 63.5 cm³/mol. The molecule has 1 aliphatic rings. The van der Waals surface area contributed by atoms with Gasteiger partial charge in [0.2, 0.25) is 0 Å². The fourth-order valence-electron chi connectivity index (χ4n) is 2.33. The first-order valence-electron chi connectivity index (χ1n) is 5.86. The Labute approximate surface area is 94.5 Å². The zero-order valence-corrected chi connectivity index (χ0v) is 9.45. The molecule has 0 saturated carbocycles. The number of hydrogen-bond acceptors (Lipinski definition) is 3. The van der Waals surface area contributed by atoms with Crippen molar-refractivity contribution in [1.29, 1.82) is 0 Å². The molecule has 3 rings (SSSR count). The lowest BCUT2D eigenvalue weighted by molar-refractivity contribution is 0.449. The van der Waals surface area contributed by atoms with E-state index in [4.69, 9.17) is 0 Å². The molecule has 16 heavy (non-hydrogen) atoms. The van der Waals surface area contributed by atoms with Crippen molar-refractivity contribution in [2.24, 2.45) is 0 Å². The molecule has 0 radical (unpaired) electrons. The van der Waals surface area contributed by atoms with Crippen molar-refractivity contribution in [3.8, 4) is 0 Å². The highest BCUT2D eigenvalue weighted by Crippen LogP contribution is 2.23. The highest BCUT2D eigenvalue weighted by molar-refractivity contribution is 5.74. The summed E-state index contributed by atoms with van der Waals surface area (Å²) in [5.41, 5.74) is 3.15. The summed E-state index contributed by atoms with van der Waals surface area (Å²) in [7, 11) is 0. The molecule has 3 heterocycles. The van der Waals surface area contributed by atoms with E-state index in [-0.39, 0.29) is 0 Å². The maximum Gasteiger partial charge on any atom is 0.177 e. The fourth-order valence-corrected chi connectivity index (χ4v) is 2.33. The normalized spacial score (nSPS) is 21.4. The van der Waals surface area contributed by atoms with E-state index in [9.17, 15) is 0 Å². The number of nitrogens with one attached hydrogen (secondary N) is 2. The number of rotatable bonds is 1. The number of aryl methyl sites for hydroxylation is 1. The standard InChI is InChI=1S/C12H16N4/c1-8-4-6-14-12-10(8)15-11(16-12)9-3-2-5-13-7-9/h4,6,9,13H,2-3,5,7H2,1H3,(H,14,15,16). The number of nitrogens with zero attached hydrogens (tertiary/aromatic N) is 2. The van der Waals surface area contributed by atoms with E-state index >= 15 is 0 Å². The topological polar surface area (TPSA) is 53.6 Å². The van der Waals surface area contributed by atoms with E-state index in [0.29, 0.717) is 5.92 Å². The van der Waals surface area contributed by atoms with E-state index in [0.717, 1.165) is 30.1 Å². The summed E-state index contributed by atoms with van der Waals surface area (Å²) in [6, 6.07) is 2.02. The Morgan fingerprint density at radius 2 is 2.38 bits per heavy atom. The molecule has 1 fully saturated rings. The molecular formula is C12H16N4. The van der Waals surface area contributed by atoms with Crippen molar-refractivity contribution in [3.05, 3.63) is 23.7 Å². The quantitative estimate of drug-likeness (QED) is 0.763. The van der Waals surface area contributed by atoms with Crippen LogP contribution in [-0.4, -0.2) is 28.0 Å². The number of piperidine rings is 1. The van der Waals surface area contributed by atoms with Crippen LogP contribution >= 0.6 is 0 Å². The van der Waals surface area contributed by atoms with Crippen molar-refractivity contribution in [3.63, 3.8) is 0 Å². The lowest BCUT2D eigenvalue weighted by Crippen LogP contribution is -2.28. The zero-order valence-electron chi connectivity index (χ0n) is 9.45. The minimum atomic E-state index is 0.516. The van der Waals surface area contributed by atoms with Crippen LogP contribution in [0.15, 0.2) is 12.3 Å². The highest BCUT2D eigenvalue weighted by atomic mass is 15.0. The number of imidazole rings is 1. The average molecular weight is 216 g/mol. The van der Waals surface area contributed by atoms with Gasteiger partial charge in [-0.2, -0.15) is 0 Å². The summed E-state index contributed by atoms with van der Waals surface area (Å²) in [6.45, 7) is 4.25. The molecule has 1 saturated heterocycles. The summed E-state index contributed by atoms with van der Waals surface area (Å²) < 4.78 is 0. The molecule has 2 aromatic heterocycles. The van der Waals surface area contributed by atoms with Crippen LogP contribution in [0.25, 0.3) is 11.2 Å². The van der Waals surface area contributed by atoms with Gasteiger partial charge in [-0.15, -0.1) is 0 Å². The minimum absolute atomic E-state index is 0.516. The zero-order chi connectivity index (χ0) is 11.0. The van der Waals surface area contributed by atoms with Crippen molar-refractivity contribution in [1.82, 2.24) is 20.3 Å². The maximum absolute atomic E-state index is 4.59. The van der Waals surface area contributed by atoms with Gasteiger partial charge in [0.05, 0.1) is 5.52 Å². The first kappa shape index (κ1) is 9.78. The number of H-pyrrole nitrogens is 1. The molecular weight excluding hydrogens is 200 g/mol. The van der Waals surface area contributed by atoms with Gasteiger partial charge >= 0.3 is 0 Å². The van der Waals surface area contributed by atoms with E-state index < -0.39 is 0 Å². The molecule has 1 atom stereocenters. The van der Waals surface area contributed by atoms with Gasteiger partial charge < -0.3 is 10.3 Å². The van der Waals surface area contributed by atoms with Gasteiger partial charge in [0, 0.05) is 18.7 Å². The lowest BCUT2D eigenvalue weighted by Gasteiger charge is -2.20. The molecule has 0 aromatic carbocycles. The smallest absolute Gasteiger partial charge is 0.177 e. The molecule has 2 aromatic rings. The van der Waals surface area contributed by atoms with Crippen LogP contribution in [0, 0.1) is 6.92 Å². The number of aromatic amines is 1. The molecule has 84 valence electrons. The number of fused-ring (bicyclic) bond motifs is 1. The number of hydrogen-bond donors (Lipinski definition) is 2. The third kappa shape index (κ3) is 1.59. The molecule has 1 unspecified atom stereocenters. The largest absolute Gasteiger partial charge is 0.340 e. The molecule has 4 nitrogen and oxygen atoms in total. The second kappa shape index (κ2) is 3.87. The van der Waals surface area contributed by atoms with Gasteiger partial charge in [0.15, 0.2) is 5.65 Å². The molecule has 2 N–H and O–H groups in total. The van der Waals surface area contributed by atoms with Crippen LogP contribution in [0.4, 0.5) is 0 Å². The van der Waals surface area contributed by atoms with Crippen molar-refractivity contribution in [2.45, 2.75) is 25.7 Å². The van der Waals surface area contributed by atoms with Crippen LogP contribution < -0.4 is 5.32 Å². The van der Waals surface area contributed by atoms with Gasteiger partial charge in [0.25, 0.3) is 0 Å². The molecule has 0 amide bonds. The Hall–Kier alpha value is -1.42. The summed E-state index contributed by atoms with van der Waals surface area (Å²) in [4.78, 5) is 12.3. The van der Waals surface area contributed by atoms with Crippen LogP contribution in [0.5, 0.6) is 0 Å². The number of pyridine rings is 1. The van der Waals surface area contributed by atoms with E-state index in [2.05, 4.69) is 27.2 Å². The Morgan fingerprint density at radius 1 is 1.44 bits per heavy atom. The van der Waals surface area contributed by atoms with Crippen LogP contribution in [0.1, 0.15) is 30.1 Å². The van der Waals surface area contributed by atoms with Crippen LogP contribution in [0.3, 0.4) is 0 Å². The first-order valence-corrected chi connectivity index (χ1v) is 5.86. The molecule has 0 aliphatic carbocycles. The molecule has 0 bridgehead atoms. The van der Waals surface area contributed by atoms with Gasteiger partial charge in [-0.05, 0) is 37.9 Å². The molecule has 1 aliphatic heterocycles. The minimum Gasteiger partial charge on any atom is -0.340 e. The summed E-state index contributed by atoms with van der Waals surface area (Å²) in [6.07, 6.45) is 4.27. The third-order valence-electron chi connectivity index (χ3n) is 3.30. The van der Waals surface area contributed by atoms with Crippen LogP contribution in [0.2, 0.25) is 0 Å². The second-order valence-electron chi connectivity index (χ2n) is 4.49. The lowest BCUT2D eigenvalue weighted by atomic mass is 9.99. The Morgan fingerprint density at radius 3 is 3.12 bits per heavy atom. The Balaban J connectivity index is 2.01. The van der Waals surface area contributed by atoms with E-state index in [1.165, 1.54) is 18.4 Å². The van der Waals surface area contributed by atoms with Gasteiger partial charge in [-0.3, -0.25) is 0 Å². The fraction of sp³-hybridized carbons (Fsp3) is 0.500. The highest BCUT2D eigenvalue weighted by Gasteiger charge is 2.19. The van der Waals surface area contributed by atoms with Crippen molar-refractivity contribution in [2.75, 3.05) is 13.1 Å². The van der Waals surface area contributed by atoms with Crippen molar-refractivity contribution < 1.29 is 0 Å². The van der Waals surface area contributed by atoms with Gasteiger partial charge in [-0.25, -0.2) is 9.97 Å². The van der Waals surface area contributed by atoms with Crippen LogP contribution in [-0.2, 0) is 0 Å². The third-order valence-corrected chi connectivity index (χ3v) is 3.30. The monoisotopic (exact) mass is 216 g/mol. The molecule has 0 spiro atoms. The Bertz CT molecular complexity index is 497. The SMILES string of the molecule is Cc1ccnc2nc(C3CCCNC3)[nH]c12. The molecule has 4 heteroatoms. The Kier molecular flexibility index (Phi) is 2.36. The average Bonchev–Trinajstić information content (AvgIpc) is 2.76. The van der Waals surface area contributed by atoms with E-state index in [1.54, 1.807) is 0 Å². The maximum atomic E-state index is 4.59.